The lowest BCUT2D eigenvalue weighted by molar-refractivity contribution is -0.137. The molecule has 0 spiro atoms. The number of anilines is 1. The third-order valence-corrected chi connectivity index (χ3v) is 2.12. The average Bonchev–Trinajstić information content (AvgIpc) is 2.36. The zero-order valence-corrected chi connectivity index (χ0v) is 9.92. The number of nitrogens with zero attached hydrogens (tertiary/aromatic N) is 1. The van der Waals surface area contributed by atoms with Gasteiger partial charge in [0.2, 0.25) is 0 Å². The Morgan fingerprint density at radius 2 is 1.88 bits per heavy atom. The fourth-order valence-electron chi connectivity index (χ4n) is 1.22. The summed E-state index contributed by atoms with van der Waals surface area (Å²) in [4.78, 5) is 24.2. The molecule has 0 atom stereocenters. The number of ether oxygens (including phenoxy) is 1. The second-order valence-corrected chi connectivity index (χ2v) is 3.32. The van der Waals surface area contributed by atoms with Crippen LogP contribution in [0.3, 0.4) is 0 Å². The summed E-state index contributed by atoms with van der Waals surface area (Å²) in [5.74, 6) is -0.786. The van der Waals surface area contributed by atoms with Crippen LogP contribution in [0.5, 0.6) is 0 Å². The van der Waals surface area contributed by atoms with Crippen LogP contribution >= 0.6 is 0 Å². The van der Waals surface area contributed by atoms with E-state index in [4.69, 9.17) is 0 Å². The fraction of sp³-hybridized carbons (Fsp3) is 0.231. The number of hydrogen-bond donors (Lipinski definition) is 0. The number of esters is 1. The van der Waals surface area contributed by atoms with E-state index in [0.717, 1.165) is 11.8 Å². The molecule has 0 aliphatic carbocycles. The molecular weight excluding hydrogens is 218 g/mol. The molecular formula is C13H15NO3. The van der Waals surface area contributed by atoms with E-state index in [2.05, 4.69) is 4.74 Å². The fourth-order valence-corrected chi connectivity index (χ4v) is 1.22. The lowest BCUT2D eigenvalue weighted by Crippen LogP contribution is -2.24. The van der Waals surface area contributed by atoms with Gasteiger partial charge >= 0.3 is 5.97 Å². The summed E-state index contributed by atoms with van der Waals surface area (Å²) in [5, 5.41) is 0. The highest BCUT2D eigenvalue weighted by Crippen LogP contribution is 2.11. The van der Waals surface area contributed by atoms with Gasteiger partial charge in [0.05, 0.1) is 6.61 Å². The summed E-state index contributed by atoms with van der Waals surface area (Å²) in [6.45, 7) is 2.01. The van der Waals surface area contributed by atoms with Crippen molar-refractivity contribution in [2.45, 2.75) is 6.92 Å². The molecule has 0 aliphatic rings. The van der Waals surface area contributed by atoms with Gasteiger partial charge in [-0.25, -0.2) is 4.79 Å². The molecule has 0 saturated heterocycles. The van der Waals surface area contributed by atoms with Gasteiger partial charge in [0, 0.05) is 24.9 Å². The van der Waals surface area contributed by atoms with E-state index in [1.165, 1.54) is 11.0 Å². The minimum Gasteiger partial charge on any atom is -0.463 e. The quantitative estimate of drug-likeness (QED) is 0.588. The Bertz CT molecular complexity index is 412. The first-order valence-corrected chi connectivity index (χ1v) is 5.32. The van der Waals surface area contributed by atoms with Gasteiger partial charge < -0.3 is 9.64 Å². The molecule has 0 aliphatic heterocycles. The molecule has 4 nitrogen and oxygen atoms in total. The molecule has 0 N–H and O–H groups in total. The molecule has 0 bridgehead atoms. The summed E-state index contributed by atoms with van der Waals surface area (Å²) < 4.78 is 4.68. The summed E-state index contributed by atoms with van der Waals surface area (Å²) in [6, 6.07) is 9.19. The summed E-state index contributed by atoms with van der Waals surface area (Å²) in [5.41, 5.74) is 0.769. The number of rotatable bonds is 4. The van der Waals surface area contributed by atoms with Crippen LogP contribution in [0.15, 0.2) is 42.5 Å². The summed E-state index contributed by atoms with van der Waals surface area (Å²) in [6.07, 6.45) is 2.33. The molecule has 0 radical (unpaired) electrons. The summed E-state index contributed by atoms with van der Waals surface area (Å²) >= 11 is 0. The van der Waals surface area contributed by atoms with E-state index in [0.29, 0.717) is 6.61 Å². The van der Waals surface area contributed by atoms with Crippen molar-refractivity contribution in [2.24, 2.45) is 0 Å². The number of amides is 1. The third-order valence-electron chi connectivity index (χ3n) is 2.12. The van der Waals surface area contributed by atoms with Gasteiger partial charge in [-0.05, 0) is 19.1 Å². The van der Waals surface area contributed by atoms with Crippen LogP contribution in [-0.2, 0) is 14.3 Å². The van der Waals surface area contributed by atoms with Crippen molar-refractivity contribution >= 4 is 17.6 Å². The van der Waals surface area contributed by atoms with Crippen LogP contribution in [0.4, 0.5) is 5.69 Å². The number of carbonyl (C=O) groups is 2. The highest BCUT2D eigenvalue weighted by atomic mass is 16.5. The van der Waals surface area contributed by atoms with Gasteiger partial charge in [-0.15, -0.1) is 0 Å². The van der Waals surface area contributed by atoms with E-state index in [1.54, 1.807) is 14.0 Å². The Morgan fingerprint density at radius 3 is 2.47 bits per heavy atom. The van der Waals surface area contributed by atoms with Crippen LogP contribution < -0.4 is 4.90 Å². The number of para-hydroxylation sites is 1. The van der Waals surface area contributed by atoms with Gasteiger partial charge in [0.25, 0.3) is 5.91 Å². The molecule has 4 heteroatoms. The molecule has 90 valence electrons. The second-order valence-electron chi connectivity index (χ2n) is 3.32. The largest absolute Gasteiger partial charge is 0.463 e. The molecule has 17 heavy (non-hydrogen) atoms. The van der Waals surface area contributed by atoms with Crippen molar-refractivity contribution in [3.63, 3.8) is 0 Å². The maximum absolute atomic E-state index is 11.7. The molecule has 1 aromatic carbocycles. The van der Waals surface area contributed by atoms with Gasteiger partial charge in [-0.1, -0.05) is 18.2 Å². The Labute approximate surface area is 100 Å². The van der Waals surface area contributed by atoms with Gasteiger partial charge in [-0.3, -0.25) is 4.79 Å². The van der Waals surface area contributed by atoms with Crippen LogP contribution in [0.2, 0.25) is 0 Å². The normalized spacial score (nSPS) is 10.2. The van der Waals surface area contributed by atoms with Gasteiger partial charge in [0.15, 0.2) is 0 Å². The average molecular weight is 233 g/mol. The van der Waals surface area contributed by atoms with E-state index in [1.807, 2.05) is 30.3 Å². The third kappa shape index (κ3) is 4.10. The predicted molar refractivity (Wildman–Crippen MR) is 65.6 cm³/mol. The van der Waals surface area contributed by atoms with Crippen LogP contribution in [0, 0.1) is 0 Å². The first kappa shape index (κ1) is 13.0. The lowest BCUT2D eigenvalue weighted by atomic mass is 10.3. The molecule has 0 fully saturated rings. The highest BCUT2D eigenvalue weighted by Gasteiger charge is 2.07. The van der Waals surface area contributed by atoms with Crippen molar-refractivity contribution in [1.29, 1.82) is 0 Å². The molecule has 1 aromatic rings. The van der Waals surface area contributed by atoms with Crippen molar-refractivity contribution < 1.29 is 14.3 Å². The number of benzene rings is 1. The van der Waals surface area contributed by atoms with Crippen LogP contribution in [-0.4, -0.2) is 25.5 Å². The predicted octanol–water partition coefficient (Wildman–Crippen LogP) is 1.77. The molecule has 0 aromatic heterocycles. The van der Waals surface area contributed by atoms with Gasteiger partial charge in [-0.2, -0.15) is 0 Å². The number of carbonyl (C=O) groups excluding carboxylic acids is 2. The van der Waals surface area contributed by atoms with Crippen LogP contribution in [0.1, 0.15) is 6.92 Å². The summed E-state index contributed by atoms with van der Waals surface area (Å²) in [7, 11) is 1.65. The van der Waals surface area contributed by atoms with Crippen molar-refractivity contribution in [3.8, 4) is 0 Å². The Morgan fingerprint density at radius 1 is 1.24 bits per heavy atom. The van der Waals surface area contributed by atoms with Gasteiger partial charge in [0.1, 0.15) is 0 Å². The maximum Gasteiger partial charge on any atom is 0.330 e. The monoisotopic (exact) mass is 233 g/mol. The van der Waals surface area contributed by atoms with E-state index in [-0.39, 0.29) is 5.91 Å². The SMILES string of the molecule is CCOC(=O)C=CC(=O)N(C)c1ccccc1. The lowest BCUT2D eigenvalue weighted by Gasteiger charge is -2.14. The van der Waals surface area contributed by atoms with E-state index in [9.17, 15) is 9.59 Å². The molecule has 0 unspecified atom stereocenters. The zero-order valence-electron chi connectivity index (χ0n) is 9.92. The maximum atomic E-state index is 11.7. The van der Waals surface area contributed by atoms with E-state index < -0.39 is 5.97 Å². The Hall–Kier alpha value is -2.10. The second kappa shape index (κ2) is 6.48. The standard InChI is InChI=1S/C13H15NO3/c1-3-17-13(16)10-9-12(15)14(2)11-7-5-4-6-8-11/h4-10H,3H2,1-2H3. The molecule has 1 amide bonds. The first-order chi connectivity index (χ1) is 8.15. The zero-order chi connectivity index (χ0) is 12.7. The Balaban J connectivity index is 2.62. The number of likely N-dealkylation sites (N-methyl/N-ethyl adjacent to an activating group) is 1. The number of hydrogen-bond acceptors (Lipinski definition) is 3. The molecule has 0 heterocycles. The smallest absolute Gasteiger partial charge is 0.330 e. The minimum absolute atomic E-state index is 0.274. The van der Waals surface area contributed by atoms with Crippen molar-refractivity contribution in [1.82, 2.24) is 0 Å². The Kier molecular flexibility index (Phi) is 4.94. The van der Waals surface area contributed by atoms with Crippen LogP contribution in [0.25, 0.3) is 0 Å². The first-order valence-electron chi connectivity index (χ1n) is 5.32. The molecule has 0 saturated carbocycles. The minimum atomic E-state index is -0.512. The van der Waals surface area contributed by atoms with Crippen molar-refractivity contribution in [3.05, 3.63) is 42.5 Å². The van der Waals surface area contributed by atoms with Crippen molar-refractivity contribution in [2.75, 3.05) is 18.6 Å². The molecule has 1 rings (SSSR count). The highest BCUT2D eigenvalue weighted by molar-refractivity contribution is 6.03. The topological polar surface area (TPSA) is 46.6 Å². The van der Waals surface area contributed by atoms with E-state index >= 15 is 0 Å².